The molecule has 0 radical (unpaired) electrons. The lowest BCUT2D eigenvalue weighted by molar-refractivity contribution is 0.332. The van der Waals surface area contributed by atoms with Crippen molar-refractivity contribution in [1.82, 2.24) is 0 Å². The van der Waals surface area contributed by atoms with E-state index in [9.17, 15) is 8.42 Å². The highest BCUT2D eigenvalue weighted by atomic mass is 32.2. The lowest BCUT2D eigenvalue weighted by Gasteiger charge is -2.31. The molecule has 2 nitrogen and oxygen atoms in total. The minimum Gasteiger partial charge on any atom is -0.229 e. The van der Waals surface area contributed by atoms with Crippen LogP contribution in [-0.4, -0.2) is 19.4 Å². The van der Waals surface area contributed by atoms with Crippen molar-refractivity contribution < 1.29 is 8.42 Å². The first kappa shape index (κ1) is 10.0. The molecular weight excluding hydrogens is 172 g/mol. The van der Waals surface area contributed by atoms with E-state index in [0.717, 1.165) is 12.8 Å². The molecule has 2 atom stereocenters. The molecule has 0 bridgehead atoms. The zero-order chi connectivity index (χ0) is 9.35. The molecular formula is C9H18O2S. The summed E-state index contributed by atoms with van der Waals surface area (Å²) < 4.78 is 23.0. The summed E-state index contributed by atoms with van der Waals surface area (Å²) in [7, 11) is -2.76. The Labute approximate surface area is 75.3 Å². The Kier molecular flexibility index (Phi) is 2.81. The van der Waals surface area contributed by atoms with Crippen molar-refractivity contribution in [3.63, 3.8) is 0 Å². The average molecular weight is 190 g/mol. The summed E-state index contributed by atoms with van der Waals surface area (Å²) in [5.41, 5.74) is 0. The largest absolute Gasteiger partial charge is 0.229 e. The van der Waals surface area contributed by atoms with Crippen molar-refractivity contribution in [3.05, 3.63) is 0 Å². The van der Waals surface area contributed by atoms with Gasteiger partial charge in [-0.1, -0.05) is 13.8 Å². The predicted molar refractivity (Wildman–Crippen MR) is 50.8 cm³/mol. The van der Waals surface area contributed by atoms with E-state index in [-0.39, 0.29) is 5.25 Å². The van der Waals surface area contributed by atoms with Gasteiger partial charge in [-0.25, -0.2) is 8.42 Å². The molecule has 2 unspecified atom stereocenters. The molecule has 0 saturated carbocycles. The molecule has 0 spiro atoms. The summed E-state index contributed by atoms with van der Waals surface area (Å²) >= 11 is 0. The second kappa shape index (κ2) is 3.36. The van der Waals surface area contributed by atoms with Gasteiger partial charge >= 0.3 is 0 Å². The van der Waals surface area contributed by atoms with Crippen LogP contribution in [0, 0.1) is 11.8 Å². The Morgan fingerprint density at radius 2 is 1.92 bits per heavy atom. The normalized spacial score (nSPS) is 35.3. The monoisotopic (exact) mass is 190 g/mol. The maximum atomic E-state index is 11.5. The third kappa shape index (κ3) is 1.82. The maximum absolute atomic E-state index is 11.5. The standard InChI is InChI=1S/C9H18O2S/c1-7(2)9-5-4-6-12(10,11)8(9)3/h7-9H,4-6H2,1-3H3. The van der Waals surface area contributed by atoms with Gasteiger partial charge in [0.15, 0.2) is 9.84 Å². The lowest BCUT2D eigenvalue weighted by Crippen LogP contribution is -2.36. The number of rotatable bonds is 1. The van der Waals surface area contributed by atoms with Gasteiger partial charge in [-0.3, -0.25) is 0 Å². The summed E-state index contributed by atoms with van der Waals surface area (Å²) in [6, 6.07) is 0. The Morgan fingerprint density at radius 1 is 1.33 bits per heavy atom. The van der Waals surface area contributed by atoms with Crippen LogP contribution in [0.5, 0.6) is 0 Å². The second-order valence-corrected chi connectivity index (χ2v) is 6.60. The van der Waals surface area contributed by atoms with E-state index in [1.807, 2.05) is 6.92 Å². The first-order valence-corrected chi connectivity index (χ1v) is 6.38. The molecule has 3 heteroatoms. The third-order valence-electron chi connectivity index (χ3n) is 2.99. The predicted octanol–water partition coefficient (Wildman–Crippen LogP) is 1.86. The molecule has 0 aromatic heterocycles. The van der Waals surface area contributed by atoms with Crippen molar-refractivity contribution in [2.45, 2.75) is 38.9 Å². The molecule has 0 N–H and O–H groups in total. The molecule has 0 amide bonds. The summed E-state index contributed by atoms with van der Waals surface area (Å²) in [6.45, 7) is 6.09. The van der Waals surface area contributed by atoms with Crippen LogP contribution >= 0.6 is 0 Å². The van der Waals surface area contributed by atoms with Gasteiger partial charge in [-0.05, 0) is 31.6 Å². The fraction of sp³-hybridized carbons (Fsp3) is 1.00. The first-order chi connectivity index (χ1) is 5.45. The SMILES string of the molecule is CC(C)C1CCCS(=O)(=O)C1C. The van der Waals surface area contributed by atoms with E-state index in [2.05, 4.69) is 13.8 Å². The minimum atomic E-state index is -2.76. The molecule has 72 valence electrons. The van der Waals surface area contributed by atoms with Crippen LogP contribution in [0.2, 0.25) is 0 Å². The average Bonchev–Trinajstić information content (AvgIpc) is 1.94. The summed E-state index contributed by atoms with van der Waals surface area (Å²) in [6.07, 6.45) is 1.94. The Balaban J connectivity index is 2.80. The highest BCUT2D eigenvalue weighted by molar-refractivity contribution is 7.92. The van der Waals surface area contributed by atoms with E-state index in [4.69, 9.17) is 0 Å². The van der Waals surface area contributed by atoms with Crippen LogP contribution in [0.4, 0.5) is 0 Å². The molecule has 1 fully saturated rings. The molecule has 1 saturated heterocycles. The molecule has 0 aromatic carbocycles. The topological polar surface area (TPSA) is 34.1 Å². The van der Waals surface area contributed by atoms with Crippen LogP contribution in [0.3, 0.4) is 0 Å². The van der Waals surface area contributed by atoms with E-state index in [1.54, 1.807) is 0 Å². The quantitative estimate of drug-likeness (QED) is 0.632. The zero-order valence-corrected chi connectivity index (χ0v) is 8.89. The first-order valence-electron chi connectivity index (χ1n) is 4.66. The van der Waals surface area contributed by atoms with Crippen LogP contribution in [0.15, 0.2) is 0 Å². The van der Waals surface area contributed by atoms with Crippen molar-refractivity contribution >= 4 is 9.84 Å². The van der Waals surface area contributed by atoms with Crippen LogP contribution in [0.25, 0.3) is 0 Å². The van der Waals surface area contributed by atoms with Crippen LogP contribution < -0.4 is 0 Å². The van der Waals surface area contributed by atoms with Gasteiger partial charge in [0, 0.05) is 0 Å². The van der Waals surface area contributed by atoms with Crippen LogP contribution in [0.1, 0.15) is 33.6 Å². The second-order valence-electron chi connectivity index (χ2n) is 4.12. The van der Waals surface area contributed by atoms with Gasteiger partial charge in [0.2, 0.25) is 0 Å². The van der Waals surface area contributed by atoms with Crippen LogP contribution in [-0.2, 0) is 9.84 Å². The van der Waals surface area contributed by atoms with E-state index >= 15 is 0 Å². The van der Waals surface area contributed by atoms with E-state index < -0.39 is 9.84 Å². The Morgan fingerprint density at radius 3 is 2.33 bits per heavy atom. The van der Waals surface area contributed by atoms with Crippen molar-refractivity contribution in [2.75, 3.05) is 5.75 Å². The summed E-state index contributed by atoms with van der Waals surface area (Å²) in [5.74, 6) is 1.27. The minimum absolute atomic E-state index is 0.119. The highest BCUT2D eigenvalue weighted by Crippen LogP contribution is 2.30. The van der Waals surface area contributed by atoms with Gasteiger partial charge in [-0.15, -0.1) is 0 Å². The van der Waals surface area contributed by atoms with Crippen molar-refractivity contribution in [1.29, 1.82) is 0 Å². The van der Waals surface area contributed by atoms with Crippen molar-refractivity contribution in [2.24, 2.45) is 11.8 Å². The molecule has 1 aliphatic heterocycles. The fourth-order valence-corrected chi connectivity index (χ4v) is 4.01. The lowest BCUT2D eigenvalue weighted by atomic mass is 9.88. The smallest absolute Gasteiger partial charge is 0.153 e. The maximum Gasteiger partial charge on any atom is 0.153 e. The molecule has 12 heavy (non-hydrogen) atoms. The van der Waals surface area contributed by atoms with E-state index in [1.165, 1.54) is 0 Å². The fourth-order valence-electron chi connectivity index (χ4n) is 2.08. The highest BCUT2D eigenvalue weighted by Gasteiger charge is 2.34. The van der Waals surface area contributed by atoms with Gasteiger partial charge in [0.25, 0.3) is 0 Å². The molecule has 1 aliphatic rings. The molecule has 0 aromatic rings. The van der Waals surface area contributed by atoms with Gasteiger partial charge in [0.05, 0.1) is 11.0 Å². The number of hydrogen-bond acceptors (Lipinski definition) is 2. The van der Waals surface area contributed by atoms with Gasteiger partial charge < -0.3 is 0 Å². The Hall–Kier alpha value is -0.0500. The van der Waals surface area contributed by atoms with Crippen molar-refractivity contribution in [3.8, 4) is 0 Å². The molecule has 1 heterocycles. The summed E-state index contributed by atoms with van der Waals surface area (Å²) in [5, 5.41) is -0.119. The van der Waals surface area contributed by atoms with Gasteiger partial charge in [-0.2, -0.15) is 0 Å². The molecule has 0 aliphatic carbocycles. The molecule has 1 rings (SSSR count). The number of sulfone groups is 1. The van der Waals surface area contributed by atoms with Gasteiger partial charge in [0.1, 0.15) is 0 Å². The summed E-state index contributed by atoms with van der Waals surface area (Å²) in [4.78, 5) is 0. The van der Waals surface area contributed by atoms with E-state index in [0.29, 0.717) is 17.6 Å². The number of hydrogen-bond donors (Lipinski definition) is 0. The third-order valence-corrected chi connectivity index (χ3v) is 5.33. The Bertz CT molecular complexity index is 241. The zero-order valence-electron chi connectivity index (χ0n) is 8.08.